The van der Waals surface area contributed by atoms with Crippen molar-refractivity contribution in [2.75, 3.05) is 0 Å². The Bertz CT molecular complexity index is 727. The van der Waals surface area contributed by atoms with Gasteiger partial charge in [0.1, 0.15) is 0 Å². The highest BCUT2D eigenvalue weighted by Gasteiger charge is 2.59. The van der Waals surface area contributed by atoms with Gasteiger partial charge >= 0.3 is 0 Å². The van der Waals surface area contributed by atoms with Crippen molar-refractivity contribution in [2.24, 2.45) is 28.6 Å². The predicted octanol–water partition coefficient (Wildman–Crippen LogP) is 6.68. The second kappa shape index (κ2) is 6.41. The van der Waals surface area contributed by atoms with Gasteiger partial charge in [-0.1, -0.05) is 46.8 Å². The summed E-state index contributed by atoms with van der Waals surface area (Å²) in [5.74, 6) is 2.40. The summed E-state index contributed by atoms with van der Waals surface area (Å²) in [4.78, 5) is 12.0. The summed E-state index contributed by atoms with van der Waals surface area (Å²) < 4.78 is 7.02. The van der Waals surface area contributed by atoms with Crippen LogP contribution in [0.5, 0.6) is 0 Å². The van der Waals surface area contributed by atoms with Crippen molar-refractivity contribution < 1.29 is 9.22 Å². The molecule has 0 amide bonds. The van der Waals surface area contributed by atoms with Gasteiger partial charge in [-0.05, 0) is 90.5 Å². The second-order valence-electron chi connectivity index (χ2n) is 12.1. The largest absolute Gasteiger partial charge is 0.413 e. The van der Waals surface area contributed by atoms with Crippen molar-refractivity contribution in [1.29, 1.82) is 0 Å². The van der Waals surface area contributed by atoms with E-state index in [0.29, 0.717) is 29.1 Å². The van der Waals surface area contributed by atoms with Crippen LogP contribution in [0.15, 0.2) is 23.8 Å². The summed E-state index contributed by atoms with van der Waals surface area (Å²) in [6, 6.07) is 0. The minimum absolute atomic E-state index is 0.201. The van der Waals surface area contributed by atoms with Crippen molar-refractivity contribution in [1.82, 2.24) is 0 Å². The van der Waals surface area contributed by atoms with E-state index in [-0.39, 0.29) is 10.5 Å². The van der Waals surface area contributed by atoms with Crippen LogP contribution in [0.3, 0.4) is 0 Å². The van der Waals surface area contributed by atoms with Gasteiger partial charge in [0.25, 0.3) is 0 Å². The van der Waals surface area contributed by atoms with Crippen LogP contribution >= 0.6 is 0 Å². The first kappa shape index (κ1) is 20.6. The molecule has 3 heteroatoms. The van der Waals surface area contributed by atoms with Gasteiger partial charge in [-0.15, -0.1) is 0 Å². The lowest BCUT2D eigenvalue weighted by Gasteiger charge is -2.56. The fourth-order valence-electron chi connectivity index (χ4n) is 6.67. The molecule has 2 fully saturated rings. The van der Waals surface area contributed by atoms with Gasteiger partial charge in [0.05, 0.1) is 6.10 Å². The highest BCUT2D eigenvalue weighted by molar-refractivity contribution is 6.74. The van der Waals surface area contributed by atoms with E-state index in [2.05, 4.69) is 59.9 Å². The topological polar surface area (TPSA) is 26.3 Å². The fraction of sp³-hybridized carbons (Fsp3) is 0.800. The second-order valence-corrected chi connectivity index (χ2v) is 16.9. The SMILES string of the molecule is CC(C)(C)[Si](C)(C)O[C@H]1CCC2C3C=CC4=CC(=O)CC[C@]4(C)C3CC[C@@]21C. The van der Waals surface area contributed by atoms with Gasteiger partial charge in [-0.25, -0.2) is 0 Å². The Labute approximate surface area is 173 Å². The lowest BCUT2D eigenvalue weighted by atomic mass is 9.49. The van der Waals surface area contributed by atoms with E-state index in [1.807, 2.05) is 6.08 Å². The van der Waals surface area contributed by atoms with E-state index >= 15 is 0 Å². The minimum atomic E-state index is -1.75. The molecule has 4 aliphatic rings. The Balaban J connectivity index is 1.61. The molecular weight excluding hydrogens is 360 g/mol. The highest BCUT2D eigenvalue weighted by Crippen LogP contribution is 2.64. The van der Waals surface area contributed by atoms with Crippen LogP contribution in [0, 0.1) is 28.6 Å². The maximum absolute atomic E-state index is 12.0. The average molecular weight is 401 g/mol. The summed E-state index contributed by atoms with van der Waals surface area (Å²) in [7, 11) is -1.75. The normalized spacial score (nSPS) is 43.2. The third kappa shape index (κ3) is 2.95. The van der Waals surface area contributed by atoms with Crippen LogP contribution in [-0.4, -0.2) is 20.2 Å². The molecule has 0 radical (unpaired) electrons. The van der Waals surface area contributed by atoms with Crippen LogP contribution in [0.2, 0.25) is 18.1 Å². The van der Waals surface area contributed by atoms with Gasteiger partial charge in [0.15, 0.2) is 14.1 Å². The number of rotatable bonds is 2. The Morgan fingerprint density at radius 3 is 2.46 bits per heavy atom. The molecule has 0 aromatic carbocycles. The first-order chi connectivity index (χ1) is 12.9. The molecule has 0 aromatic heterocycles. The molecule has 2 saturated carbocycles. The highest BCUT2D eigenvalue weighted by atomic mass is 28.4. The molecule has 4 aliphatic carbocycles. The molecule has 0 bridgehead atoms. The van der Waals surface area contributed by atoms with Crippen LogP contribution in [0.1, 0.15) is 73.1 Å². The molecule has 0 spiro atoms. The number of allylic oxidation sites excluding steroid dienone is 4. The van der Waals surface area contributed by atoms with Crippen LogP contribution in [0.4, 0.5) is 0 Å². The third-order valence-electron chi connectivity index (χ3n) is 9.67. The van der Waals surface area contributed by atoms with E-state index in [0.717, 1.165) is 18.8 Å². The molecule has 4 rings (SSSR count). The van der Waals surface area contributed by atoms with Gasteiger partial charge in [-0.3, -0.25) is 4.79 Å². The summed E-state index contributed by atoms with van der Waals surface area (Å²) in [5, 5.41) is 0.269. The molecule has 0 aliphatic heterocycles. The summed E-state index contributed by atoms with van der Waals surface area (Å²) in [6.45, 7) is 16.9. The van der Waals surface area contributed by atoms with E-state index in [1.54, 1.807) is 0 Å². The number of hydrogen-bond acceptors (Lipinski definition) is 2. The lowest BCUT2D eigenvalue weighted by molar-refractivity contribution is -0.116. The average Bonchev–Trinajstić information content (AvgIpc) is 2.91. The first-order valence-corrected chi connectivity index (χ1v) is 14.4. The Kier molecular flexibility index (Phi) is 4.71. The van der Waals surface area contributed by atoms with E-state index in [4.69, 9.17) is 4.43 Å². The number of ketones is 1. The van der Waals surface area contributed by atoms with E-state index in [9.17, 15) is 4.79 Å². The maximum Gasteiger partial charge on any atom is 0.192 e. The van der Waals surface area contributed by atoms with Gasteiger partial charge in [0.2, 0.25) is 0 Å². The smallest absolute Gasteiger partial charge is 0.192 e. The molecule has 2 nitrogen and oxygen atoms in total. The fourth-order valence-corrected chi connectivity index (χ4v) is 8.13. The van der Waals surface area contributed by atoms with E-state index < -0.39 is 8.32 Å². The predicted molar refractivity (Wildman–Crippen MR) is 119 cm³/mol. The molecule has 0 saturated heterocycles. The zero-order valence-corrected chi connectivity index (χ0v) is 20.1. The van der Waals surface area contributed by atoms with Crippen LogP contribution in [0.25, 0.3) is 0 Å². The van der Waals surface area contributed by atoms with Gasteiger partial charge in [0, 0.05) is 6.42 Å². The summed E-state index contributed by atoms with van der Waals surface area (Å²) in [5.41, 5.74) is 1.82. The number of fused-ring (bicyclic) bond motifs is 5. The molecule has 0 N–H and O–H groups in total. The van der Waals surface area contributed by atoms with Crippen LogP contribution < -0.4 is 0 Å². The van der Waals surface area contributed by atoms with Crippen molar-refractivity contribution in [3.05, 3.63) is 23.8 Å². The van der Waals surface area contributed by atoms with Crippen molar-refractivity contribution in [3.63, 3.8) is 0 Å². The number of hydrogen-bond donors (Lipinski definition) is 0. The lowest BCUT2D eigenvalue weighted by Crippen LogP contribution is -2.52. The molecule has 6 atom stereocenters. The Morgan fingerprint density at radius 1 is 1.07 bits per heavy atom. The number of carbonyl (C=O) groups is 1. The standard InChI is InChI=1S/C25H40O2Si/c1-23(2,3)28(6,7)27-22-11-10-20-19-9-8-17-16-18(26)12-14-24(17,4)21(19)13-15-25(20,22)5/h8-9,16,19-22H,10-15H2,1-7H3/t19?,20?,21?,22-,24-,25-/m0/s1. The Morgan fingerprint density at radius 2 is 1.79 bits per heavy atom. The van der Waals surface area contributed by atoms with Crippen molar-refractivity contribution >= 4 is 14.1 Å². The summed E-state index contributed by atoms with van der Waals surface area (Å²) >= 11 is 0. The van der Waals surface area contributed by atoms with Gasteiger partial charge in [-0.2, -0.15) is 0 Å². The maximum atomic E-state index is 12.0. The molecule has 3 unspecified atom stereocenters. The first-order valence-electron chi connectivity index (χ1n) is 11.5. The third-order valence-corrected chi connectivity index (χ3v) is 14.2. The zero-order chi connectivity index (χ0) is 20.5. The zero-order valence-electron chi connectivity index (χ0n) is 19.1. The van der Waals surface area contributed by atoms with Crippen molar-refractivity contribution in [3.8, 4) is 0 Å². The molecular formula is C25H40O2Si. The molecule has 0 aromatic rings. The van der Waals surface area contributed by atoms with Crippen molar-refractivity contribution in [2.45, 2.75) is 97.4 Å². The quantitative estimate of drug-likeness (QED) is 0.483. The van der Waals surface area contributed by atoms with Gasteiger partial charge < -0.3 is 4.43 Å². The molecule has 28 heavy (non-hydrogen) atoms. The van der Waals surface area contributed by atoms with E-state index in [1.165, 1.54) is 31.3 Å². The number of carbonyl (C=O) groups excluding carboxylic acids is 1. The Hall–Kier alpha value is -0.673. The summed E-state index contributed by atoms with van der Waals surface area (Å²) in [6.07, 6.45) is 14.0. The van der Waals surface area contributed by atoms with Crippen LogP contribution in [-0.2, 0) is 9.22 Å². The molecule has 156 valence electrons. The minimum Gasteiger partial charge on any atom is -0.413 e. The molecule has 0 heterocycles. The monoisotopic (exact) mass is 400 g/mol.